The van der Waals surface area contributed by atoms with Gasteiger partial charge >= 0.3 is 19.8 Å². The van der Waals surface area contributed by atoms with E-state index in [-0.39, 0.29) is 32.0 Å². The van der Waals surface area contributed by atoms with E-state index in [0.717, 1.165) is 83.5 Å². The van der Waals surface area contributed by atoms with Crippen LogP contribution in [0, 0.1) is 0 Å². The van der Waals surface area contributed by atoms with Gasteiger partial charge in [0.15, 0.2) is 6.10 Å². The van der Waals surface area contributed by atoms with Gasteiger partial charge in [-0.25, -0.2) is 4.57 Å². The van der Waals surface area contributed by atoms with Gasteiger partial charge < -0.3 is 18.9 Å². The number of hydrogen-bond acceptors (Lipinski definition) is 7. The molecule has 0 radical (unpaired) electrons. The molecule has 0 fully saturated rings. The third kappa shape index (κ3) is 39.7. The molecule has 0 aliphatic rings. The molecule has 0 spiro atoms. The molecular weight excluding hydrogens is 701 g/mol. The van der Waals surface area contributed by atoms with Crippen LogP contribution in [0.2, 0.25) is 0 Å². The molecule has 0 aromatic heterocycles. The predicted octanol–water partition coefficient (Wildman–Crippen LogP) is 11.9. The summed E-state index contributed by atoms with van der Waals surface area (Å²) in [6.07, 6.45) is 41.5. The molecule has 1 unspecified atom stereocenters. The fourth-order valence-electron chi connectivity index (χ4n) is 5.46. The summed E-state index contributed by atoms with van der Waals surface area (Å²) < 4.78 is 34.2. The van der Waals surface area contributed by atoms with Crippen molar-refractivity contribution < 1.29 is 42.1 Å². The van der Waals surface area contributed by atoms with Gasteiger partial charge in [-0.1, -0.05) is 140 Å². The van der Waals surface area contributed by atoms with Crippen molar-refractivity contribution in [2.45, 2.75) is 174 Å². The molecule has 0 aliphatic carbocycles. The van der Waals surface area contributed by atoms with Gasteiger partial charge in [-0.3, -0.25) is 18.6 Å². The van der Waals surface area contributed by atoms with Crippen LogP contribution in [0.1, 0.15) is 168 Å². The highest BCUT2D eigenvalue weighted by molar-refractivity contribution is 7.47. The molecule has 0 saturated carbocycles. The maximum absolute atomic E-state index is 12.7. The number of quaternary nitrogens is 1. The second-order valence-corrected chi connectivity index (χ2v) is 16.9. The molecule has 0 aliphatic heterocycles. The number of hydrogen-bond donors (Lipinski definition) is 1. The Morgan fingerprint density at radius 1 is 0.574 bits per heavy atom. The van der Waals surface area contributed by atoms with Crippen LogP contribution in [0.15, 0.2) is 48.6 Å². The number of phosphoric ester groups is 1. The predicted molar refractivity (Wildman–Crippen MR) is 224 cm³/mol. The summed E-state index contributed by atoms with van der Waals surface area (Å²) in [4.78, 5) is 35.3. The van der Waals surface area contributed by atoms with Gasteiger partial charge in [0, 0.05) is 12.8 Å². The molecule has 0 aromatic carbocycles. The number of esters is 2. The van der Waals surface area contributed by atoms with Crippen molar-refractivity contribution in [1.82, 2.24) is 0 Å². The number of allylic oxidation sites excluding steroid dienone is 8. The van der Waals surface area contributed by atoms with Crippen molar-refractivity contribution in [3.05, 3.63) is 48.6 Å². The first kappa shape index (κ1) is 52.0. The Bertz CT molecular complexity index is 1070. The maximum Gasteiger partial charge on any atom is 0.472 e. The van der Waals surface area contributed by atoms with E-state index in [1.807, 2.05) is 21.1 Å². The van der Waals surface area contributed by atoms with Gasteiger partial charge in [-0.2, -0.15) is 0 Å². The van der Waals surface area contributed by atoms with E-state index in [1.165, 1.54) is 51.4 Å². The molecule has 0 aromatic rings. The number of carbonyl (C=O) groups excluding carboxylic acids is 2. The smallest absolute Gasteiger partial charge is 0.462 e. The second kappa shape index (κ2) is 36.6. The molecular formula is C44H81NO8P+. The van der Waals surface area contributed by atoms with Crippen molar-refractivity contribution in [1.29, 1.82) is 0 Å². The zero-order chi connectivity index (χ0) is 40.0. The van der Waals surface area contributed by atoms with Gasteiger partial charge in [0.2, 0.25) is 0 Å². The van der Waals surface area contributed by atoms with Crippen molar-refractivity contribution in [2.75, 3.05) is 47.5 Å². The van der Waals surface area contributed by atoms with Crippen LogP contribution in [0.25, 0.3) is 0 Å². The van der Waals surface area contributed by atoms with Crippen LogP contribution >= 0.6 is 7.82 Å². The van der Waals surface area contributed by atoms with Crippen molar-refractivity contribution in [3.63, 3.8) is 0 Å². The third-order valence-corrected chi connectivity index (χ3v) is 9.87. The van der Waals surface area contributed by atoms with Gasteiger partial charge in [0.25, 0.3) is 0 Å². The summed E-state index contributed by atoms with van der Waals surface area (Å²) in [5, 5.41) is 0. The number of unbranched alkanes of at least 4 members (excludes halogenated alkanes) is 18. The van der Waals surface area contributed by atoms with Gasteiger partial charge in [-0.15, -0.1) is 0 Å². The van der Waals surface area contributed by atoms with E-state index >= 15 is 0 Å². The zero-order valence-electron chi connectivity index (χ0n) is 35.2. The van der Waals surface area contributed by atoms with Crippen LogP contribution in [0.3, 0.4) is 0 Å². The molecule has 0 bridgehead atoms. The molecule has 9 nitrogen and oxygen atoms in total. The van der Waals surface area contributed by atoms with Crippen molar-refractivity contribution in [2.24, 2.45) is 0 Å². The Morgan fingerprint density at radius 3 is 1.43 bits per heavy atom. The van der Waals surface area contributed by atoms with E-state index in [1.54, 1.807) is 0 Å². The Hall–Kier alpha value is -2.03. The minimum atomic E-state index is -4.38. The van der Waals surface area contributed by atoms with Crippen LogP contribution in [-0.4, -0.2) is 74.9 Å². The van der Waals surface area contributed by atoms with Crippen LogP contribution in [0.5, 0.6) is 0 Å². The average Bonchev–Trinajstić information content (AvgIpc) is 3.12. The maximum atomic E-state index is 12.7. The molecule has 0 amide bonds. The number of nitrogens with zero attached hydrogens (tertiary/aromatic N) is 1. The normalized spacial score (nSPS) is 14.1. The SMILES string of the molecule is CCCCCC/C=C/C=C/CCCCCCCC(=O)OC[C@H](COP(=O)(O)OCC[N+](C)(C)C)OC(=O)CCCCCCC/C=C/C=C/CCCCCC. The largest absolute Gasteiger partial charge is 0.472 e. The molecule has 10 heteroatoms. The Balaban J connectivity index is 4.45. The van der Waals surface area contributed by atoms with Crippen molar-refractivity contribution in [3.8, 4) is 0 Å². The Labute approximate surface area is 331 Å². The summed E-state index contributed by atoms with van der Waals surface area (Å²) in [5.41, 5.74) is 0. The number of rotatable bonds is 38. The topological polar surface area (TPSA) is 108 Å². The van der Waals surface area contributed by atoms with Gasteiger partial charge in [0.05, 0.1) is 27.7 Å². The summed E-state index contributed by atoms with van der Waals surface area (Å²) >= 11 is 0. The first-order valence-electron chi connectivity index (χ1n) is 21.4. The first-order valence-corrected chi connectivity index (χ1v) is 22.9. The molecule has 54 heavy (non-hydrogen) atoms. The lowest BCUT2D eigenvalue weighted by atomic mass is 10.1. The van der Waals surface area contributed by atoms with E-state index in [4.69, 9.17) is 18.5 Å². The minimum absolute atomic E-state index is 0.0244. The molecule has 314 valence electrons. The molecule has 2 atom stereocenters. The van der Waals surface area contributed by atoms with E-state index in [0.29, 0.717) is 17.4 Å². The minimum Gasteiger partial charge on any atom is -0.462 e. The number of phosphoric acid groups is 1. The first-order chi connectivity index (χ1) is 26.0. The third-order valence-electron chi connectivity index (χ3n) is 8.89. The van der Waals surface area contributed by atoms with Gasteiger partial charge in [-0.05, 0) is 64.2 Å². The summed E-state index contributed by atoms with van der Waals surface area (Å²) in [6.45, 7) is 4.33. The Morgan fingerprint density at radius 2 is 0.981 bits per heavy atom. The second-order valence-electron chi connectivity index (χ2n) is 15.4. The zero-order valence-corrected chi connectivity index (χ0v) is 36.1. The highest BCUT2D eigenvalue weighted by atomic mass is 31.2. The number of carbonyl (C=O) groups is 2. The highest BCUT2D eigenvalue weighted by Crippen LogP contribution is 2.43. The fourth-order valence-corrected chi connectivity index (χ4v) is 6.21. The van der Waals surface area contributed by atoms with E-state index in [9.17, 15) is 19.0 Å². The van der Waals surface area contributed by atoms with E-state index in [2.05, 4.69) is 62.5 Å². The highest BCUT2D eigenvalue weighted by Gasteiger charge is 2.27. The quantitative estimate of drug-likeness (QED) is 0.0217. The fraction of sp³-hybridized carbons (Fsp3) is 0.773. The number of ether oxygens (including phenoxy) is 2. The lowest BCUT2D eigenvalue weighted by molar-refractivity contribution is -0.870. The summed E-state index contributed by atoms with van der Waals surface area (Å²) in [6, 6.07) is 0. The molecule has 0 heterocycles. The Kier molecular flexibility index (Phi) is 35.2. The standard InChI is InChI=1S/C44H80NO8P/c1-6-8-10-12-14-16-18-20-22-24-26-28-30-32-34-36-43(46)50-40-42(41-52-54(48,49)51-39-38-45(3,4)5)53-44(47)37-35-33-31-29-27-25-23-21-19-17-15-13-11-9-7-2/h16-23,42H,6-15,24-41H2,1-5H3/p+1/b18-16+,19-17+,22-20+,23-21+/t42-/m1/s1. The molecule has 1 N–H and O–H groups in total. The van der Waals surface area contributed by atoms with Crippen LogP contribution < -0.4 is 0 Å². The molecule has 0 rings (SSSR count). The number of likely N-dealkylation sites (N-methyl/N-ethyl adjacent to an activating group) is 1. The average molecular weight is 783 g/mol. The molecule has 0 saturated heterocycles. The van der Waals surface area contributed by atoms with E-state index < -0.39 is 26.5 Å². The lowest BCUT2D eigenvalue weighted by Gasteiger charge is -2.24. The lowest BCUT2D eigenvalue weighted by Crippen LogP contribution is -2.37. The summed E-state index contributed by atoms with van der Waals surface area (Å²) in [7, 11) is 1.45. The van der Waals surface area contributed by atoms with Crippen LogP contribution in [0.4, 0.5) is 0 Å². The monoisotopic (exact) mass is 783 g/mol. The summed E-state index contributed by atoms with van der Waals surface area (Å²) in [5.74, 6) is -0.837. The van der Waals surface area contributed by atoms with Crippen LogP contribution in [-0.2, 0) is 32.7 Å². The van der Waals surface area contributed by atoms with Gasteiger partial charge in [0.1, 0.15) is 19.8 Å². The van der Waals surface area contributed by atoms with Crippen molar-refractivity contribution >= 4 is 19.8 Å².